The van der Waals surface area contributed by atoms with Crippen molar-refractivity contribution < 1.29 is 13.5 Å². The molecule has 1 aliphatic heterocycles. The molecule has 0 unspecified atom stereocenters. The zero-order chi connectivity index (χ0) is 11.6. The zero-order valence-electron chi connectivity index (χ0n) is 8.78. The minimum Gasteiger partial charge on any atom is -0.392 e. The molecule has 1 N–H and O–H groups in total. The van der Waals surface area contributed by atoms with Crippen molar-refractivity contribution in [3.05, 3.63) is 24.4 Å². The highest BCUT2D eigenvalue weighted by molar-refractivity contribution is 7.89. The molecule has 1 atom stereocenters. The second-order valence-electron chi connectivity index (χ2n) is 3.83. The van der Waals surface area contributed by atoms with E-state index in [1.165, 1.54) is 16.6 Å². The van der Waals surface area contributed by atoms with Crippen LogP contribution in [0, 0.1) is 0 Å². The van der Waals surface area contributed by atoms with E-state index in [0.717, 1.165) is 0 Å². The van der Waals surface area contributed by atoms with Crippen molar-refractivity contribution in [2.24, 2.45) is 0 Å². The Morgan fingerprint density at radius 2 is 2.25 bits per heavy atom. The topological polar surface area (TPSA) is 70.5 Å². The molecule has 0 saturated carbocycles. The molecule has 2 heterocycles. The fourth-order valence-corrected chi connectivity index (χ4v) is 3.22. The van der Waals surface area contributed by atoms with Gasteiger partial charge in [-0.05, 0) is 25.0 Å². The number of sulfonamides is 1. The molecule has 0 bridgehead atoms. The van der Waals surface area contributed by atoms with Gasteiger partial charge in [0.05, 0.1) is 6.10 Å². The molecule has 88 valence electrons. The number of aliphatic hydroxyl groups is 1. The molecule has 1 saturated heterocycles. The Balaban J connectivity index is 2.26. The summed E-state index contributed by atoms with van der Waals surface area (Å²) >= 11 is 0. The van der Waals surface area contributed by atoms with Crippen molar-refractivity contribution in [2.45, 2.75) is 24.0 Å². The number of aromatic nitrogens is 1. The first kappa shape index (κ1) is 11.5. The minimum atomic E-state index is -3.53. The van der Waals surface area contributed by atoms with Crippen molar-refractivity contribution in [3.63, 3.8) is 0 Å². The molecule has 5 nitrogen and oxygen atoms in total. The third-order valence-electron chi connectivity index (χ3n) is 2.60. The van der Waals surface area contributed by atoms with Crippen LogP contribution in [0.2, 0.25) is 0 Å². The van der Waals surface area contributed by atoms with Crippen molar-refractivity contribution >= 4 is 10.0 Å². The molecule has 1 aromatic rings. The van der Waals surface area contributed by atoms with Gasteiger partial charge in [0.25, 0.3) is 10.0 Å². The quantitative estimate of drug-likeness (QED) is 0.805. The highest BCUT2D eigenvalue weighted by Gasteiger charge is 2.29. The van der Waals surface area contributed by atoms with E-state index in [9.17, 15) is 13.5 Å². The van der Waals surface area contributed by atoms with E-state index in [2.05, 4.69) is 4.98 Å². The van der Waals surface area contributed by atoms with Crippen LogP contribution in [0.4, 0.5) is 0 Å². The van der Waals surface area contributed by atoms with Crippen LogP contribution < -0.4 is 0 Å². The largest absolute Gasteiger partial charge is 0.392 e. The van der Waals surface area contributed by atoms with Crippen LogP contribution in [0.1, 0.15) is 12.8 Å². The number of pyridine rings is 1. The molecular weight excluding hydrogens is 228 g/mol. The Hall–Kier alpha value is -0.980. The summed E-state index contributed by atoms with van der Waals surface area (Å²) in [5.41, 5.74) is 0. The lowest BCUT2D eigenvalue weighted by atomic mass is 10.1. The molecule has 16 heavy (non-hydrogen) atoms. The van der Waals surface area contributed by atoms with E-state index in [4.69, 9.17) is 0 Å². The summed E-state index contributed by atoms with van der Waals surface area (Å²) in [4.78, 5) is 3.84. The van der Waals surface area contributed by atoms with Gasteiger partial charge in [0.15, 0.2) is 5.03 Å². The number of piperidine rings is 1. The van der Waals surface area contributed by atoms with Gasteiger partial charge in [-0.1, -0.05) is 6.07 Å². The smallest absolute Gasteiger partial charge is 0.260 e. The molecule has 2 rings (SSSR count). The van der Waals surface area contributed by atoms with E-state index >= 15 is 0 Å². The Morgan fingerprint density at radius 1 is 1.44 bits per heavy atom. The Morgan fingerprint density at radius 3 is 2.88 bits per heavy atom. The number of rotatable bonds is 2. The lowest BCUT2D eigenvalue weighted by Crippen LogP contribution is -2.42. The predicted molar refractivity (Wildman–Crippen MR) is 58.2 cm³/mol. The molecule has 1 aliphatic rings. The second kappa shape index (κ2) is 4.48. The summed E-state index contributed by atoms with van der Waals surface area (Å²) in [5, 5.41) is 9.51. The van der Waals surface area contributed by atoms with Gasteiger partial charge in [0.1, 0.15) is 0 Å². The fraction of sp³-hybridized carbons (Fsp3) is 0.500. The maximum absolute atomic E-state index is 12.1. The maximum Gasteiger partial charge on any atom is 0.260 e. The molecule has 0 aromatic carbocycles. The molecule has 1 fully saturated rings. The molecular formula is C10H14N2O3S. The first-order valence-electron chi connectivity index (χ1n) is 5.20. The first-order valence-corrected chi connectivity index (χ1v) is 6.64. The fourth-order valence-electron chi connectivity index (χ4n) is 1.77. The van der Waals surface area contributed by atoms with Crippen LogP contribution in [0.15, 0.2) is 29.4 Å². The van der Waals surface area contributed by atoms with Crippen LogP contribution >= 0.6 is 0 Å². The van der Waals surface area contributed by atoms with Gasteiger partial charge in [-0.3, -0.25) is 0 Å². The van der Waals surface area contributed by atoms with Gasteiger partial charge in [-0.15, -0.1) is 0 Å². The molecule has 0 spiro atoms. The third-order valence-corrected chi connectivity index (χ3v) is 4.38. The number of β-amino-alcohol motifs (C(OH)–C–C–N with tert-alkyl or cyclic N) is 1. The summed E-state index contributed by atoms with van der Waals surface area (Å²) < 4.78 is 25.5. The van der Waals surface area contributed by atoms with Crippen LogP contribution in [-0.4, -0.2) is 42.0 Å². The number of hydrogen-bond donors (Lipinski definition) is 1. The first-order chi connectivity index (χ1) is 7.60. The molecule has 6 heteroatoms. The summed E-state index contributed by atoms with van der Waals surface area (Å²) in [5.74, 6) is 0. The third kappa shape index (κ3) is 2.23. The van der Waals surface area contributed by atoms with Gasteiger partial charge < -0.3 is 5.11 Å². The van der Waals surface area contributed by atoms with Gasteiger partial charge >= 0.3 is 0 Å². The van der Waals surface area contributed by atoms with Gasteiger partial charge in [0, 0.05) is 19.3 Å². The average molecular weight is 242 g/mol. The molecule has 0 radical (unpaired) electrons. The lowest BCUT2D eigenvalue weighted by molar-refractivity contribution is 0.108. The predicted octanol–water partition coefficient (Wildman–Crippen LogP) is 0.227. The highest BCUT2D eigenvalue weighted by Crippen LogP contribution is 2.18. The maximum atomic E-state index is 12.1. The van der Waals surface area contributed by atoms with Crippen molar-refractivity contribution in [1.82, 2.24) is 9.29 Å². The Kier molecular flexibility index (Phi) is 3.22. The van der Waals surface area contributed by atoms with E-state index in [1.54, 1.807) is 12.1 Å². The van der Waals surface area contributed by atoms with Gasteiger partial charge in [0.2, 0.25) is 0 Å². The Labute approximate surface area is 94.8 Å². The lowest BCUT2D eigenvalue weighted by Gasteiger charge is -2.28. The Bertz CT molecular complexity index is 446. The average Bonchev–Trinajstić information content (AvgIpc) is 2.30. The van der Waals surface area contributed by atoms with E-state index in [-0.39, 0.29) is 11.6 Å². The van der Waals surface area contributed by atoms with Crippen LogP contribution in [0.5, 0.6) is 0 Å². The number of aliphatic hydroxyl groups excluding tert-OH is 1. The van der Waals surface area contributed by atoms with E-state index in [0.29, 0.717) is 19.4 Å². The van der Waals surface area contributed by atoms with Crippen LogP contribution in [-0.2, 0) is 10.0 Å². The van der Waals surface area contributed by atoms with Crippen molar-refractivity contribution in [2.75, 3.05) is 13.1 Å². The summed E-state index contributed by atoms with van der Waals surface area (Å²) in [7, 11) is -3.53. The molecule has 0 aliphatic carbocycles. The van der Waals surface area contributed by atoms with Crippen LogP contribution in [0.25, 0.3) is 0 Å². The monoisotopic (exact) mass is 242 g/mol. The SMILES string of the molecule is O=S(=O)(c1ccccn1)N1CCC[C@@H](O)C1. The van der Waals surface area contributed by atoms with Crippen molar-refractivity contribution in [3.8, 4) is 0 Å². The highest BCUT2D eigenvalue weighted by atomic mass is 32.2. The number of hydrogen-bond acceptors (Lipinski definition) is 4. The molecule has 1 aromatic heterocycles. The normalized spacial score (nSPS) is 23.2. The standard InChI is InChI=1S/C10H14N2O3S/c13-9-4-3-7-12(8-9)16(14,15)10-5-1-2-6-11-10/h1-2,5-6,9,13H,3-4,7-8H2/t9-/m1/s1. The number of nitrogens with zero attached hydrogens (tertiary/aromatic N) is 2. The summed E-state index contributed by atoms with van der Waals surface area (Å²) in [6, 6.07) is 4.78. The minimum absolute atomic E-state index is 0.0455. The van der Waals surface area contributed by atoms with E-state index < -0.39 is 16.1 Å². The van der Waals surface area contributed by atoms with Crippen molar-refractivity contribution in [1.29, 1.82) is 0 Å². The summed E-state index contributed by atoms with van der Waals surface area (Å²) in [6.45, 7) is 0.620. The second-order valence-corrected chi connectivity index (χ2v) is 5.71. The zero-order valence-corrected chi connectivity index (χ0v) is 9.60. The molecule has 0 amide bonds. The van der Waals surface area contributed by atoms with Gasteiger partial charge in [-0.25, -0.2) is 13.4 Å². The van der Waals surface area contributed by atoms with E-state index in [1.807, 2.05) is 0 Å². The van der Waals surface area contributed by atoms with Gasteiger partial charge in [-0.2, -0.15) is 4.31 Å². The van der Waals surface area contributed by atoms with Crippen LogP contribution in [0.3, 0.4) is 0 Å². The summed E-state index contributed by atoms with van der Waals surface area (Å²) in [6.07, 6.45) is 2.24.